The third kappa shape index (κ3) is 5.01. The molecule has 0 atom stereocenters. The Balaban J connectivity index is 1.24. The number of aromatic nitrogens is 6. The molecule has 35 heavy (non-hydrogen) atoms. The molecule has 0 bridgehead atoms. The summed E-state index contributed by atoms with van der Waals surface area (Å²) < 4.78 is 14.8. The minimum Gasteiger partial charge on any atom is -0.497 e. The number of carbonyl (C=O) groups is 1. The van der Waals surface area contributed by atoms with Crippen LogP contribution in [0.25, 0.3) is 5.69 Å². The highest BCUT2D eigenvalue weighted by molar-refractivity contribution is 5.87. The molecule has 0 saturated heterocycles. The first-order valence-electron chi connectivity index (χ1n) is 11.5. The van der Waals surface area contributed by atoms with E-state index in [2.05, 4.69) is 44.8 Å². The van der Waals surface area contributed by atoms with Gasteiger partial charge in [-0.25, -0.2) is 9.48 Å². The maximum absolute atomic E-state index is 11.7. The number of rotatable bonds is 8. The van der Waals surface area contributed by atoms with Gasteiger partial charge in [-0.3, -0.25) is 4.57 Å². The van der Waals surface area contributed by atoms with Gasteiger partial charge in [0.05, 0.1) is 13.7 Å². The van der Waals surface area contributed by atoms with Gasteiger partial charge in [-0.2, -0.15) is 0 Å². The summed E-state index contributed by atoms with van der Waals surface area (Å²) in [5, 5.41) is 25.2. The Bertz CT molecular complexity index is 1260. The van der Waals surface area contributed by atoms with Crippen molar-refractivity contribution in [1.82, 2.24) is 29.8 Å². The van der Waals surface area contributed by atoms with Crippen LogP contribution in [-0.2, 0) is 6.54 Å². The van der Waals surface area contributed by atoms with E-state index in [1.807, 2.05) is 28.8 Å². The minimum absolute atomic E-state index is 0.0891. The zero-order valence-electron chi connectivity index (χ0n) is 19.3. The van der Waals surface area contributed by atoms with Crippen LogP contribution in [0.15, 0.2) is 61.2 Å². The van der Waals surface area contributed by atoms with E-state index in [0.717, 1.165) is 42.7 Å². The Morgan fingerprint density at radius 3 is 2.31 bits per heavy atom. The highest BCUT2D eigenvalue weighted by atomic mass is 16.5. The average Bonchev–Trinajstić information content (AvgIpc) is 3.56. The molecule has 1 aliphatic rings. The summed E-state index contributed by atoms with van der Waals surface area (Å²) in [4.78, 5) is 11.7. The number of carboxylic acids is 1. The van der Waals surface area contributed by atoms with E-state index in [-0.39, 0.29) is 17.7 Å². The summed E-state index contributed by atoms with van der Waals surface area (Å²) >= 11 is 0. The van der Waals surface area contributed by atoms with Crippen molar-refractivity contribution in [2.45, 2.75) is 44.2 Å². The van der Waals surface area contributed by atoms with Gasteiger partial charge in [-0.05, 0) is 67.0 Å². The van der Waals surface area contributed by atoms with Crippen LogP contribution in [0.4, 0.5) is 0 Å². The summed E-state index contributed by atoms with van der Waals surface area (Å²) in [6.07, 6.45) is 6.83. The van der Waals surface area contributed by atoms with Crippen LogP contribution < -0.4 is 9.47 Å². The molecule has 1 saturated carbocycles. The molecule has 180 valence electrons. The van der Waals surface area contributed by atoms with Crippen molar-refractivity contribution in [3.63, 3.8) is 0 Å². The number of aromatic carboxylic acids is 1. The van der Waals surface area contributed by atoms with Crippen LogP contribution in [0.1, 0.15) is 53.2 Å². The third-order valence-electron chi connectivity index (χ3n) is 6.42. The molecule has 10 heteroatoms. The molecular weight excluding hydrogens is 448 g/mol. The SMILES string of the molecule is COc1ccc(Cn2nnc(C(=O)O)c2OC2CCC(c3ccc(-n4cnnc4)cc3)CC2)cc1. The highest BCUT2D eigenvalue weighted by Crippen LogP contribution is 2.35. The van der Waals surface area contributed by atoms with Crippen molar-refractivity contribution in [2.24, 2.45) is 0 Å². The lowest BCUT2D eigenvalue weighted by Crippen LogP contribution is -2.25. The van der Waals surface area contributed by atoms with E-state index in [1.54, 1.807) is 19.8 Å². The van der Waals surface area contributed by atoms with Crippen LogP contribution in [0.5, 0.6) is 11.6 Å². The zero-order valence-corrected chi connectivity index (χ0v) is 19.3. The second-order valence-corrected chi connectivity index (χ2v) is 8.61. The van der Waals surface area contributed by atoms with Crippen molar-refractivity contribution in [3.05, 3.63) is 78.0 Å². The number of methoxy groups -OCH3 is 1. The predicted octanol–water partition coefficient (Wildman–Crippen LogP) is 3.72. The largest absolute Gasteiger partial charge is 0.497 e. The smallest absolute Gasteiger partial charge is 0.362 e. The van der Waals surface area contributed by atoms with Gasteiger partial charge < -0.3 is 14.6 Å². The second-order valence-electron chi connectivity index (χ2n) is 8.61. The molecule has 4 aromatic rings. The van der Waals surface area contributed by atoms with Gasteiger partial charge in [0.15, 0.2) is 0 Å². The molecule has 1 fully saturated rings. The average molecular weight is 475 g/mol. The molecule has 2 aromatic carbocycles. The zero-order chi connectivity index (χ0) is 24.2. The summed E-state index contributed by atoms with van der Waals surface area (Å²) in [6.45, 7) is 0.355. The maximum Gasteiger partial charge on any atom is 0.362 e. The van der Waals surface area contributed by atoms with E-state index < -0.39 is 5.97 Å². The van der Waals surface area contributed by atoms with Crippen molar-refractivity contribution in [3.8, 4) is 17.3 Å². The van der Waals surface area contributed by atoms with Crippen LogP contribution in [-0.4, -0.2) is 54.0 Å². The minimum atomic E-state index is -1.15. The van der Waals surface area contributed by atoms with Crippen molar-refractivity contribution in [1.29, 1.82) is 0 Å². The molecule has 0 unspecified atom stereocenters. The van der Waals surface area contributed by atoms with Crippen LogP contribution in [0, 0.1) is 0 Å². The summed E-state index contributed by atoms with van der Waals surface area (Å²) in [7, 11) is 1.61. The standard InChI is InChI=1S/C25H26N6O4/c1-34-21-10-2-17(3-11-21)14-31-24(23(25(32)33)28-29-31)35-22-12-6-19(7-13-22)18-4-8-20(9-5-18)30-15-26-27-16-30/h2-5,8-11,15-16,19,22H,6-7,12-14H2,1H3,(H,32,33). The Morgan fingerprint density at radius 2 is 1.69 bits per heavy atom. The first-order chi connectivity index (χ1) is 17.1. The third-order valence-corrected chi connectivity index (χ3v) is 6.42. The molecule has 0 radical (unpaired) electrons. The molecule has 2 aromatic heterocycles. The number of carboxylic acid groups (broad SMARTS) is 1. The maximum atomic E-state index is 11.7. The first-order valence-corrected chi connectivity index (χ1v) is 11.5. The summed E-state index contributed by atoms with van der Waals surface area (Å²) in [6, 6.07) is 16.0. The fraction of sp³-hybridized carbons (Fsp3) is 0.320. The Morgan fingerprint density at radius 1 is 1.00 bits per heavy atom. The lowest BCUT2D eigenvalue weighted by Gasteiger charge is -2.29. The van der Waals surface area contributed by atoms with Gasteiger partial charge >= 0.3 is 5.97 Å². The predicted molar refractivity (Wildman–Crippen MR) is 126 cm³/mol. The summed E-state index contributed by atoms with van der Waals surface area (Å²) in [5.74, 6) is 0.240. The molecule has 2 heterocycles. The van der Waals surface area contributed by atoms with Gasteiger partial charge in [0, 0.05) is 5.69 Å². The molecule has 0 amide bonds. The number of hydrogen-bond donors (Lipinski definition) is 1. The normalized spacial score (nSPS) is 17.7. The number of hydrogen-bond acceptors (Lipinski definition) is 7. The molecule has 1 N–H and O–H groups in total. The Labute approximate surface area is 202 Å². The summed E-state index contributed by atoms with van der Waals surface area (Å²) in [5.41, 5.74) is 3.09. The molecular formula is C25H26N6O4. The van der Waals surface area contributed by atoms with Gasteiger partial charge in [-0.1, -0.05) is 29.5 Å². The monoisotopic (exact) mass is 474 g/mol. The van der Waals surface area contributed by atoms with Crippen LogP contribution >= 0.6 is 0 Å². The second kappa shape index (κ2) is 9.96. The highest BCUT2D eigenvalue weighted by Gasteiger charge is 2.28. The van der Waals surface area contributed by atoms with E-state index in [4.69, 9.17) is 9.47 Å². The van der Waals surface area contributed by atoms with Crippen molar-refractivity contribution in [2.75, 3.05) is 7.11 Å². The quantitative estimate of drug-likeness (QED) is 0.411. The van der Waals surface area contributed by atoms with E-state index >= 15 is 0 Å². The van der Waals surface area contributed by atoms with E-state index in [1.165, 1.54) is 10.2 Å². The first kappa shape index (κ1) is 22.6. The fourth-order valence-electron chi connectivity index (χ4n) is 4.49. The molecule has 0 aliphatic heterocycles. The van der Waals surface area contributed by atoms with Gasteiger partial charge in [0.1, 0.15) is 24.5 Å². The van der Waals surface area contributed by atoms with Gasteiger partial charge in [0.25, 0.3) is 0 Å². The number of ether oxygens (including phenoxy) is 2. The molecule has 0 spiro atoms. The van der Waals surface area contributed by atoms with E-state index in [9.17, 15) is 9.90 Å². The van der Waals surface area contributed by atoms with E-state index in [0.29, 0.717) is 12.5 Å². The van der Waals surface area contributed by atoms with Crippen LogP contribution in [0.3, 0.4) is 0 Å². The fourth-order valence-corrected chi connectivity index (χ4v) is 4.49. The number of benzene rings is 2. The Kier molecular flexibility index (Phi) is 6.42. The van der Waals surface area contributed by atoms with Crippen LogP contribution in [0.2, 0.25) is 0 Å². The molecule has 10 nitrogen and oxygen atoms in total. The lowest BCUT2D eigenvalue weighted by atomic mass is 9.82. The van der Waals surface area contributed by atoms with Gasteiger partial charge in [-0.15, -0.1) is 15.3 Å². The van der Waals surface area contributed by atoms with Crippen molar-refractivity contribution < 1.29 is 19.4 Å². The van der Waals surface area contributed by atoms with Crippen molar-refractivity contribution >= 4 is 5.97 Å². The number of nitrogens with zero attached hydrogens (tertiary/aromatic N) is 6. The molecule has 5 rings (SSSR count). The van der Waals surface area contributed by atoms with Gasteiger partial charge in [0.2, 0.25) is 11.6 Å². The topological polar surface area (TPSA) is 117 Å². The lowest BCUT2D eigenvalue weighted by molar-refractivity contribution is 0.0676. The molecule has 1 aliphatic carbocycles. The Hall–Kier alpha value is -4.21.